The van der Waals surface area contributed by atoms with Crippen molar-refractivity contribution in [3.63, 3.8) is 0 Å². The first-order chi connectivity index (χ1) is 8.91. The maximum absolute atomic E-state index is 12.2. The monoisotopic (exact) mass is 288 g/mol. The molecule has 0 aromatic carbocycles. The molecule has 0 aliphatic carbocycles. The lowest BCUT2D eigenvalue weighted by molar-refractivity contribution is -0.134. The first-order valence-electron chi connectivity index (χ1n) is 7.15. The summed E-state index contributed by atoms with van der Waals surface area (Å²) < 4.78 is 22.8. The lowest BCUT2D eigenvalue weighted by Gasteiger charge is -2.37. The van der Waals surface area contributed by atoms with Gasteiger partial charge in [-0.25, -0.2) is 8.42 Å². The predicted molar refractivity (Wildman–Crippen MR) is 74.3 cm³/mol. The summed E-state index contributed by atoms with van der Waals surface area (Å²) in [6.45, 7) is 3.55. The third kappa shape index (κ3) is 3.69. The van der Waals surface area contributed by atoms with Crippen LogP contribution >= 0.6 is 0 Å². The summed E-state index contributed by atoms with van der Waals surface area (Å²) in [6.07, 6.45) is 2.86. The van der Waals surface area contributed by atoms with Gasteiger partial charge in [0.15, 0.2) is 9.84 Å². The SMILES string of the molecule is CCC1CN(C(=O)CC2CCS(=O)(=O)C2)CCC1N. The van der Waals surface area contributed by atoms with E-state index >= 15 is 0 Å². The van der Waals surface area contributed by atoms with Gasteiger partial charge in [0.2, 0.25) is 5.91 Å². The molecule has 110 valence electrons. The van der Waals surface area contributed by atoms with E-state index in [9.17, 15) is 13.2 Å². The first-order valence-corrected chi connectivity index (χ1v) is 8.97. The van der Waals surface area contributed by atoms with Crippen molar-refractivity contribution in [2.75, 3.05) is 24.6 Å². The molecule has 0 saturated carbocycles. The Morgan fingerprint density at radius 3 is 2.68 bits per heavy atom. The maximum Gasteiger partial charge on any atom is 0.222 e. The van der Waals surface area contributed by atoms with Gasteiger partial charge in [-0.15, -0.1) is 0 Å². The number of carbonyl (C=O) groups excluding carboxylic acids is 1. The normalized spacial score (nSPS) is 34.4. The third-order valence-corrected chi connectivity index (χ3v) is 6.30. The van der Waals surface area contributed by atoms with Crippen molar-refractivity contribution < 1.29 is 13.2 Å². The van der Waals surface area contributed by atoms with E-state index in [1.807, 2.05) is 4.90 Å². The van der Waals surface area contributed by atoms with Crippen molar-refractivity contribution in [2.45, 2.75) is 38.6 Å². The molecule has 2 aliphatic heterocycles. The number of amides is 1. The fourth-order valence-corrected chi connectivity index (χ4v) is 4.98. The minimum Gasteiger partial charge on any atom is -0.342 e. The van der Waals surface area contributed by atoms with Crippen LogP contribution in [0.2, 0.25) is 0 Å². The molecule has 1 amide bonds. The molecule has 0 spiro atoms. The van der Waals surface area contributed by atoms with Gasteiger partial charge >= 0.3 is 0 Å². The first kappa shape index (κ1) is 14.8. The zero-order valence-electron chi connectivity index (χ0n) is 11.5. The highest BCUT2D eigenvalue weighted by Gasteiger charge is 2.33. The van der Waals surface area contributed by atoms with Crippen molar-refractivity contribution in [1.82, 2.24) is 4.90 Å². The minimum atomic E-state index is -2.89. The summed E-state index contributed by atoms with van der Waals surface area (Å²) in [5.74, 6) is 0.933. The number of nitrogens with two attached hydrogens (primary N) is 1. The highest BCUT2D eigenvalue weighted by atomic mass is 32.2. The molecule has 0 aromatic rings. The second-order valence-electron chi connectivity index (χ2n) is 5.93. The highest BCUT2D eigenvalue weighted by molar-refractivity contribution is 7.91. The van der Waals surface area contributed by atoms with Crippen molar-refractivity contribution in [3.8, 4) is 0 Å². The third-order valence-electron chi connectivity index (χ3n) is 4.46. The Hall–Kier alpha value is -0.620. The fraction of sp³-hybridized carbons (Fsp3) is 0.923. The van der Waals surface area contributed by atoms with E-state index in [-0.39, 0.29) is 29.4 Å². The van der Waals surface area contributed by atoms with Crippen LogP contribution in [0.5, 0.6) is 0 Å². The number of likely N-dealkylation sites (tertiary alicyclic amines) is 1. The highest BCUT2D eigenvalue weighted by Crippen LogP contribution is 2.24. The maximum atomic E-state index is 12.2. The summed E-state index contributed by atoms with van der Waals surface area (Å²) >= 11 is 0. The molecule has 3 unspecified atom stereocenters. The molecular weight excluding hydrogens is 264 g/mol. The van der Waals surface area contributed by atoms with Gasteiger partial charge in [0, 0.05) is 25.6 Å². The van der Waals surface area contributed by atoms with E-state index in [1.54, 1.807) is 0 Å². The summed E-state index contributed by atoms with van der Waals surface area (Å²) in [5.41, 5.74) is 6.03. The average molecular weight is 288 g/mol. The molecule has 6 heteroatoms. The van der Waals surface area contributed by atoms with Crippen LogP contribution in [-0.4, -0.2) is 49.9 Å². The summed E-state index contributed by atoms with van der Waals surface area (Å²) in [6, 6.07) is 0.195. The van der Waals surface area contributed by atoms with E-state index in [1.165, 1.54) is 0 Å². The van der Waals surface area contributed by atoms with Gasteiger partial charge in [-0.3, -0.25) is 4.79 Å². The standard InChI is InChI=1S/C13H24N2O3S/c1-2-11-8-15(5-3-12(11)14)13(16)7-10-4-6-19(17,18)9-10/h10-12H,2-9,14H2,1H3. The Labute approximate surface area is 115 Å². The van der Waals surface area contributed by atoms with E-state index < -0.39 is 9.84 Å². The van der Waals surface area contributed by atoms with Gasteiger partial charge in [-0.2, -0.15) is 0 Å². The van der Waals surface area contributed by atoms with Crippen LogP contribution in [0.1, 0.15) is 32.6 Å². The predicted octanol–water partition coefficient (Wildman–Crippen LogP) is 0.397. The Balaban J connectivity index is 1.87. The number of nitrogens with zero attached hydrogens (tertiary/aromatic N) is 1. The number of rotatable bonds is 3. The van der Waals surface area contributed by atoms with E-state index in [4.69, 9.17) is 5.73 Å². The van der Waals surface area contributed by atoms with Gasteiger partial charge in [0.1, 0.15) is 0 Å². The molecule has 0 bridgehead atoms. The van der Waals surface area contributed by atoms with Crippen molar-refractivity contribution in [3.05, 3.63) is 0 Å². The van der Waals surface area contributed by atoms with Gasteiger partial charge in [0.25, 0.3) is 0 Å². The molecule has 2 fully saturated rings. The molecule has 2 aliphatic rings. The van der Waals surface area contributed by atoms with Crippen LogP contribution in [0.4, 0.5) is 0 Å². The second kappa shape index (κ2) is 5.79. The topological polar surface area (TPSA) is 80.5 Å². The lowest BCUT2D eigenvalue weighted by atomic mass is 9.90. The van der Waals surface area contributed by atoms with Crippen LogP contribution < -0.4 is 5.73 Å². The van der Waals surface area contributed by atoms with E-state index in [0.29, 0.717) is 18.8 Å². The molecule has 3 atom stereocenters. The molecule has 2 saturated heterocycles. The zero-order chi connectivity index (χ0) is 14.0. The summed E-state index contributed by atoms with van der Waals surface area (Å²) in [5, 5.41) is 0. The number of hydrogen-bond donors (Lipinski definition) is 1. The number of piperidine rings is 1. The second-order valence-corrected chi connectivity index (χ2v) is 8.16. The van der Waals surface area contributed by atoms with E-state index in [2.05, 4.69) is 6.92 Å². The zero-order valence-corrected chi connectivity index (χ0v) is 12.4. The number of sulfone groups is 1. The van der Waals surface area contributed by atoms with Crippen LogP contribution in [0.25, 0.3) is 0 Å². The lowest BCUT2D eigenvalue weighted by Crippen LogP contribution is -2.49. The molecule has 19 heavy (non-hydrogen) atoms. The van der Waals surface area contributed by atoms with Gasteiger partial charge in [0.05, 0.1) is 11.5 Å². The molecule has 2 rings (SSSR count). The Morgan fingerprint density at radius 2 is 2.11 bits per heavy atom. The molecule has 5 nitrogen and oxygen atoms in total. The molecule has 0 aromatic heterocycles. The van der Waals surface area contributed by atoms with Crippen LogP contribution in [0.15, 0.2) is 0 Å². The van der Waals surface area contributed by atoms with Crippen LogP contribution in [0, 0.1) is 11.8 Å². The largest absolute Gasteiger partial charge is 0.342 e. The number of hydrogen-bond acceptors (Lipinski definition) is 4. The summed E-state index contributed by atoms with van der Waals surface area (Å²) in [4.78, 5) is 14.1. The van der Waals surface area contributed by atoms with Crippen LogP contribution in [0.3, 0.4) is 0 Å². The Bertz CT molecular complexity index is 435. The fourth-order valence-electron chi connectivity index (χ4n) is 3.12. The molecular formula is C13H24N2O3S. The van der Waals surface area contributed by atoms with Crippen LogP contribution in [-0.2, 0) is 14.6 Å². The minimum absolute atomic E-state index is 0.0215. The number of carbonyl (C=O) groups is 1. The quantitative estimate of drug-likeness (QED) is 0.815. The Kier molecular flexibility index (Phi) is 4.50. The van der Waals surface area contributed by atoms with Crippen molar-refractivity contribution >= 4 is 15.7 Å². The van der Waals surface area contributed by atoms with E-state index in [0.717, 1.165) is 25.9 Å². The smallest absolute Gasteiger partial charge is 0.222 e. The molecule has 2 heterocycles. The summed E-state index contributed by atoms with van der Waals surface area (Å²) in [7, 11) is -2.89. The van der Waals surface area contributed by atoms with Gasteiger partial charge in [-0.1, -0.05) is 13.3 Å². The van der Waals surface area contributed by atoms with Crippen molar-refractivity contribution in [2.24, 2.45) is 17.6 Å². The molecule has 2 N–H and O–H groups in total. The Morgan fingerprint density at radius 1 is 1.37 bits per heavy atom. The average Bonchev–Trinajstić information content (AvgIpc) is 2.69. The molecule has 0 radical (unpaired) electrons. The van der Waals surface area contributed by atoms with Gasteiger partial charge < -0.3 is 10.6 Å². The van der Waals surface area contributed by atoms with Gasteiger partial charge in [-0.05, 0) is 24.7 Å². The van der Waals surface area contributed by atoms with Crippen molar-refractivity contribution in [1.29, 1.82) is 0 Å².